The van der Waals surface area contributed by atoms with Crippen LogP contribution in [-0.4, -0.2) is 3.21 Å². The smallest absolute Gasteiger partial charge is 1.00 e. The Morgan fingerprint density at radius 3 is 1.54 bits per heavy atom. The molecule has 1 unspecified atom stereocenters. The Bertz CT molecular complexity index is 1610. The predicted molar refractivity (Wildman–Crippen MR) is 191 cm³/mol. The van der Waals surface area contributed by atoms with Crippen LogP contribution in [0.4, 0.5) is 0 Å². The number of halogens is 2. The van der Waals surface area contributed by atoms with Gasteiger partial charge in [0.05, 0.1) is 0 Å². The third-order valence-corrected chi connectivity index (χ3v) is 18.9. The number of fused-ring (bicyclic) bond motifs is 3. The van der Waals surface area contributed by atoms with Crippen molar-refractivity contribution in [1.82, 2.24) is 0 Å². The van der Waals surface area contributed by atoms with E-state index in [0.717, 1.165) is 6.42 Å². The molecule has 0 bridgehead atoms. The van der Waals surface area contributed by atoms with Crippen molar-refractivity contribution in [3.8, 4) is 11.1 Å². The number of benzene rings is 3. The molecule has 246 valence electrons. The van der Waals surface area contributed by atoms with Crippen LogP contribution in [0.15, 0.2) is 81.2 Å². The number of hydrogen-bond acceptors (Lipinski definition) is 0. The molecule has 0 radical (unpaired) electrons. The minimum atomic E-state index is -2.64. The monoisotopic (exact) mass is 732 g/mol. The van der Waals surface area contributed by atoms with Gasteiger partial charge in [-0.25, -0.2) is 0 Å². The van der Waals surface area contributed by atoms with Crippen molar-refractivity contribution in [2.75, 3.05) is 0 Å². The second kappa shape index (κ2) is 14.1. The number of rotatable bonds is 5. The summed E-state index contributed by atoms with van der Waals surface area (Å²) in [6.07, 6.45) is 5.00. The molecule has 2 aliphatic rings. The van der Waals surface area contributed by atoms with Gasteiger partial charge in [-0.1, -0.05) is 0 Å². The molecule has 0 saturated heterocycles. The Labute approximate surface area is 301 Å². The average molecular weight is 735 g/mol. The quantitative estimate of drug-likeness (QED) is 0.293. The zero-order valence-electron chi connectivity index (χ0n) is 30.7. The normalized spacial score (nSPS) is 16.8. The molecule has 0 saturated carbocycles. The molecule has 1 atom stereocenters. The fraction of sp³-hybridized carbons (Fsp3) is 0.465. The van der Waals surface area contributed by atoms with Crippen LogP contribution < -0.4 is 24.8 Å². The molecule has 3 aromatic rings. The van der Waals surface area contributed by atoms with Gasteiger partial charge in [0.2, 0.25) is 0 Å². The molecule has 0 nitrogen and oxygen atoms in total. The zero-order valence-corrected chi connectivity index (χ0v) is 34.6. The van der Waals surface area contributed by atoms with E-state index in [2.05, 4.69) is 157 Å². The topological polar surface area (TPSA) is 0 Å². The van der Waals surface area contributed by atoms with Gasteiger partial charge in [0.15, 0.2) is 0 Å². The first kappa shape index (κ1) is 38.9. The summed E-state index contributed by atoms with van der Waals surface area (Å²) >= 11 is -2.64. The van der Waals surface area contributed by atoms with Crippen LogP contribution in [-0.2, 0) is 32.1 Å². The van der Waals surface area contributed by atoms with E-state index in [4.69, 9.17) is 0 Å². The van der Waals surface area contributed by atoms with Crippen LogP contribution in [0.25, 0.3) is 11.1 Å². The maximum atomic E-state index is 2.69. The third-order valence-electron chi connectivity index (χ3n) is 10.2. The summed E-state index contributed by atoms with van der Waals surface area (Å²) < 4.78 is 4.04. The zero-order chi connectivity index (χ0) is 32.4. The van der Waals surface area contributed by atoms with Crippen molar-refractivity contribution in [2.45, 2.75) is 117 Å². The Morgan fingerprint density at radius 2 is 1.15 bits per heavy atom. The van der Waals surface area contributed by atoms with Crippen molar-refractivity contribution < 1.29 is 46.1 Å². The van der Waals surface area contributed by atoms with E-state index in [-0.39, 0.29) is 41.1 Å². The molecule has 0 fully saturated rings. The van der Waals surface area contributed by atoms with Crippen molar-refractivity contribution in [1.29, 1.82) is 0 Å². The van der Waals surface area contributed by atoms with Crippen LogP contribution >= 0.6 is 0 Å². The van der Waals surface area contributed by atoms with Crippen LogP contribution in [0, 0.1) is 18.3 Å². The van der Waals surface area contributed by atoms with E-state index in [0.29, 0.717) is 9.54 Å². The van der Waals surface area contributed by atoms with Gasteiger partial charge in [-0.2, -0.15) is 0 Å². The fourth-order valence-corrected chi connectivity index (χ4v) is 17.6. The molecular weight excluding hydrogens is 679 g/mol. The Balaban J connectivity index is 0.00000288. The van der Waals surface area contributed by atoms with Gasteiger partial charge in [-0.05, 0) is 0 Å². The first-order valence-electron chi connectivity index (χ1n) is 17.0. The first-order chi connectivity index (χ1) is 20.5. The van der Waals surface area contributed by atoms with Crippen LogP contribution in [0.1, 0.15) is 133 Å². The predicted octanol–water partition coefficient (Wildman–Crippen LogP) is 6.20. The number of hydrogen-bond donors (Lipinski definition) is 0. The van der Waals surface area contributed by atoms with Gasteiger partial charge >= 0.3 is 279 Å². The summed E-state index contributed by atoms with van der Waals surface area (Å²) in [7, 11) is 0. The molecule has 0 heterocycles. The van der Waals surface area contributed by atoms with Gasteiger partial charge in [-0.3, -0.25) is 0 Å². The van der Waals surface area contributed by atoms with Crippen LogP contribution in [0.3, 0.4) is 0 Å². The van der Waals surface area contributed by atoms with Crippen molar-refractivity contribution in [2.24, 2.45) is 11.3 Å². The second-order valence-corrected chi connectivity index (χ2v) is 23.2. The van der Waals surface area contributed by atoms with E-state index in [1.165, 1.54) is 39.8 Å². The Hall–Kier alpha value is -1.53. The van der Waals surface area contributed by atoms with E-state index in [1.54, 1.807) is 25.5 Å². The van der Waals surface area contributed by atoms with Crippen molar-refractivity contribution >= 4 is 3.21 Å². The van der Waals surface area contributed by atoms with Crippen LogP contribution in [0.5, 0.6) is 0 Å². The minimum absolute atomic E-state index is 0. The Morgan fingerprint density at radius 1 is 0.674 bits per heavy atom. The summed E-state index contributed by atoms with van der Waals surface area (Å²) in [6, 6.07) is 24.6. The second-order valence-electron chi connectivity index (χ2n) is 16.5. The van der Waals surface area contributed by atoms with Gasteiger partial charge in [0, 0.05) is 0 Å². The molecule has 0 spiro atoms. The molecule has 2 aliphatic carbocycles. The molecule has 0 amide bonds. The molecule has 46 heavy (non-hydrogen) atoms. The first-order valence-corrected chi connectivity index (χ1v) is 20.9. The molecule has 3 aromatic carbocycles. The molecular formula is C43H56Cl2Zr. The summed E-state index contributed by atoms with van der Waals surface area (Å²) in [5.41, 5.74) is 15.5. The maximum absolute atomic E-state index is 2.69. The van der Waals surface area contributed by atoms with Crippen LogP contribution in [0.2, 0.25) is 0 Å². The summed E-state index contributed by atoms with van der Waals surface area (Å²) in [5, 5.41) is 0. The van der Waals surface area contributed by atoms with Gasteiger partial charge in [0.25, 0.3) is 0 Å². The van der Waals surface area contributed by atoms with Crippen molar-refractivity contribution in [3.63, 3.8) is 0 Å². The Kier molecular flexibility index (Phi) is 12.0. The van der Waals surface area contributed by atoms with E-state index >= 15 is 0 Å². The van der Waals surface area contributed by atoms with E-state index < -0.39 is 21.3 Å². The number of aryl methyl sites for hydroxylation is 1. The van der Waals surface area contributed by atoms with Gasteiger partial charge in [-0.15, -0.1) is 0 Å². The molecule has 0 aliphatic heterocycles. The average Bonchev–Trinajstić information content (AvgIpc) is 3.48. The summed E-state index contributed by atoms with van der Waals surface area (Å²) in [4.78, 5) is 0. The van der Waals surface area contributed by atoms with Gasteiger partial charge < -0.3 is 24.8 Å². The maximum Gasteiger partial charge on any atom is -1.00 e. The number of allylic oxidation sites excluding steroid dienone is 4. The molecule has 0 N–H and O–H groups in total. The molecule has 3 heteroatoms. The summed E-state index contributed by atoms with van der Waals surface area (Å²) in [5.74, 6) is 0.546. The van der Waals surface area contributed by atoms with Gasteiger partial charge in [0.1, 0.15) is 0 Å². The standard InChI is InChI=1S/C21H25.C13H21.C9H10.2ClH.Zr/c1-20(2,3)16-9-7-14-11-15-8-10-17(21(4,5)6)13-19(15)18(14)12-16;1-6-10-8-11(7-2)12(9-10)13(3,4)5;1-3-9-6-4-8(2)5-7-9;;;/h7-13H,1-6H3;9-10H,6-7H2,1-5H3;4-7H,1-2H3;2*1H;/q;;;;;+2/p-2. The summed E-state index contributed by atoms with van der Waals surface area (Å²) in [6.45, 7) is 31.0. The van der Waals surface area contributed by atoms with E-state index in [9.17, 15) is 0 Å². The molecule has 0 aromatic heterocycles. The van der Waals surface area contributed by atoms with E-state index in [1.807, 2.05) is 3.28 Å². The minimum Gasteiger partial charge on any atom is -1.00 e. The SMILES string of the molecule is CCC1=[C](/[Zr+2](=[C](\C)c2ccc(C)cc2)[CH]2c3ccc(C(C)(C)C)cc3-c3cc(C(C)(C)C)ccc32)C(CC)C=C1C(C)(C)C.[Cl-].[Cl-]. The molecule has 5 rings (SSSR count). The fourth-order valence-electron chi connectivity index (χ4n) is 7.55. The largest absolute Gasteiger partial charge is 1.00 e. The third kappa shape index (κ3) is 7.24. The van der Waals surface area contributed by atoms with Crippen molar-refractivity contribution in [3.05, 3.63) is 115 Å².